The van der Waals surface area contributed by atoms with Gasteiger partial charge in [0.15, 0.2) is 0 Å². The maximum absolute atomic E-state index is 10.6. The molecule has 2 fully saturated rings. The Morgan fingerprint density at radius 3 is 2.61 bits per heavy atom. The molecule has 0 saturated carbocycles. The summed E-state index contributed by atoms with van der Waals surface area (Å²) < 4.78 is 5.81. The maximum atomic E-state index is 10.6. The molecule has 1 aromatic carbocycles. The predicted octanol–water partition coefficient (Wildman–Crippen LogP) is 6.91. The fourth-order valence-corrected chi connectivity index (χ4v) is 7.23. The molecule has 1 aromatic rings. The first-order valence-electron chi connectivity index (χ1n) is 12.8. The fourth-order valence-electron chi connectivity index (χ4n) is 5.18. The lowest BCUT2D eigenvalue weighted by atomic mass is 9.75. The molecule has 0 aliphatic carbocycles. The fraction of sp³-hybridized carbons (Fsp3) is 0.621. The molecule has 33 heavy (non-hydrogen) atoms. The van der Waals surface area contributed by atoms with Gasteiger partial charge in [-0.25, -0.2) is 0 Å². The van der Waals surface area contributed by atoms with Crippen molar-refractivity contribution in [2.45, 2.75) is 87.5 Å². The van der Waals surface area contributed by atoms with Crippen LogP contribution in [0.5, 0.6) is 0 Å². The van der Waals surface area contributed by atoms with Crippen LogP contribution in [0.3, 0.4) is 0 Å². The number of aliphatic carboxylic acids is 1. The molecule has 0 spiro atoms. The van der Waals surface area contributed by atoms with Crippen molar-refractivity contribution < 1.29 is 14.6 Å². The van der Waals surface area contributed by atoms with Crippen LogP contribution in [0.2, 0.25) is 0 Å². The van der Waals surface area contributed by atoms with Gasteiger partial charge in [0.25, 0.3) is 0 Å². The van der Waals surface area contributed by atoms with Crippen molar-refractivity contribution >= 4 is 17.7 Å². The van der Waals surface area contributed by atoms with Crippen LogP contribution in [-0.4, -0.2) is 34.8 Å². The summed E-state index contributed by atoms with van der Waals surface area (Å²) in [6.45, 7) is 1.60. The van der Waals surface area contributed by atoms with Gasteiger partial charge in [-0.05, 0) is 68.8 Å². The third-order valence-electron chi connectivity index (χ3n) is 6.88. The number of benzene rings is 1. The maximum Gasteiger partial charge on any atom is 0.303 e. The summed E-state index contributed by atoms with van der Waals surface area (Å²) in [5.74, 6) is 7.48. The number of carbonyl (C=O) groups is 1. The van der Waals surface area contributed by atoms with Gasteiger partial charge in [0.2, 0.25) is 0 Å². The number of hydrogen-bond acceptors (Lipinski definition) is 3. The van der Waals surface area contributed by atoms with Crippen molar-refractivity contribution in [3.8, 4) is 11.8 Å². The lowest BCUT2D eigenvalue weighted by Gasteiger charge is -2.29. The highest BCUT2D eigenvalue weighted by atomic mass is 32.2. The van der Waals surface area contributed by atoms with Crippen molar-refractivity contribution in [3.63, 3.8) is 0 Å². The van der Waals surface area contributed by atoms with Gasteiger partial charge in [-0.1, -0.05) is 48.9 Å². The molecule has 3 nitrogen and oxygen atoms in total. The zero-order valence-corrected chi connectivity index (χ0v) is 20.7. The molecule has 180 valence electrons. The number of thioether (sulfide) groups is 1. The molecule has 4 atom stereocenters. The Bertz CT molecular complexity index is 779. The van der Waals surface area contributed by atoms with Crippen molar-refractivity contribution in [2.75, 3.05) is 13.2 Å². The number of carboxylic acids is 1. The number of rotatable bonds is 15. The SMILES string of the molecule is O=C(O)CCC/C=C\C[C@@H]1[C@H](CCCCOCCC#CCCc2ccccc2)[C@@H]2CC[C@H]1S2. The van der Waals surface area contributed by atoms with Crippen LogP contribution in [0, 0.1) is 23.7 Å². The molecule has 2 heterocycles. The molecule has 2 bridgehead atoms. The summed E-state index contributed by atoms with van der Waals surface area (Å²) in [4.78, 5) is 10.6. The second-order valence-electron chi connectivity index (χ2n) is 9.31. The zero-order chi connectivity index (χ0) is 23.1. The number of fused-ring (bicyclic) bond motifs is 2. The van der Waals surface area contributed by atoms with E-state index in [1.165, 1.54) is 37.7 Å². The lowest BCUT2D eigenvalue weighted by molar-refractivity contribution is -0.137. The standard InChI is InChI=1S/C29H40O3S/c30-29(31)19-10-2-1-9-17-25-26(28-21-20-27(25)33-28)18-11-13-23-32-22-12-4-3-6-14-24-15-7-5-8-16-24/h1,5,7-9,15-16,25-28H,2,6,10-14,17-23H2,(H,30,31)/b9-1-/t25-,26+,27-,28+/m1/s1. The van der Waals surface area contributed by atoms with E-state index in [0.717, 1.165) is 74.1 Å². The molecule has 1 N–H and O–H groups in total. The second-order valence-corrected chi connectivity index (χ2v) is 10.8. The van der Waals surface area contributed by atoms with Crippen molar-refractivity contribution in [2.24, 2.45) is 11.8 Å². The van der Waals surface area contributed by atoms with Crippen molar-refractivity contribution in [1.82, 2.24) is 0 Å². The van der Waals surface area contributed by atoms with Gasteiger partial charge in [0, 0.05) is 36.4 Å². The monoisotopic (exact) mass is 468 g/mol. The molecule has 2 saturated heterocycles. The highest BCUT2D eigenvalue weighted by molar-refractivity contribution is 8.01. The van der Waals surface area contributed by atoms with Gasteiger partial charge in [-0.15, -0.1) is 11.8 Å². The lowest BCUT2D eigenvalue weighted by Crippen LogP contribution is -2.26. The number of carboxylic acid groups (broad SMARTS) is 1. The van der Waals surface area contributed by atoms with E-state index in [0.29, 0.717) is 0 Å². The van der Waals surface area contributed by atoms with E-state index in [1.807, 2.05) is 0 Å². The van der Waals surface area contributed by atoms with E-state index >= 15 is 0 Å². The molecule has 0 amide bonds. The molecular formula is C29H40O3S. The number of ether oxygens (including phenoxy) is 1. The Kier molecular flexibility index (Phi) is 12.0. The van der Waals surface area contributed by atoms with E-state index in [-0.39, 0.29) is 6.42 Å². The van der Waals surface area contributed by atoms with Crippen molar-refractivity contribution in [3.05, 3.63) is 48.0 Å². The van der Waals surface area contributed by atoms with E-state index in [1.54, 1.807) is 0 Å². The third-order valence-corrected chi connectivity index (χ3v) is 8.75. The largest absolute Gasteiger partial charge is 0.481 e. The summed E-state index contributed by atoms with van der Waals surface area (Å²) in [5.41, 5.74) is 1.35. The van der Waals surface area contributed by atoms with Gasteiger partial charge in [0.05, 0.1) is 6.61 Å². The van der Waals surface area contributed by atoms with Gasteiger partial charge in [-0.2, -0.15) is 11.8 Å². The minimum atomic E-state index is -0.691. The van der Waals surface area contributed by atoms with Gasteiger partial charge in [0.1, 0.15) is 0 Å². The zero-order valence-electron chi connectivity index (χ0n) is 19.9. The molecule has 4 heteroatoms. The van der Waals surface area contributed by atoms with Gasteiger partial charge < -0.3 is 9.84 Å². The molecule has 0 aromatic heterocycles. The number of aryl methyl sites for hydroxylation is 1. The van der Waals surface area contributed by atoms with Crippen LogP contribution >= 0.6 is 11.8 Å². The van der Waals surface area contributed by atoms with E-state index in [2.05, 4.69) is 66.1 Å². The molecular weight excluding hydrogens is 428 g/mol. The molecule has 3 rings (SSSR count). The summed E-state index contributed by atoms with van der Waals surface area (Å²) in [6, 6.07) is 10.5. The average molecular weight is 469 g/mol. The van der Waals surface area contributed by atoms with Gasteiger partial charge in [-0.3, -0.25) is 4.79 Å². The highest BCUT2D eigenvalue weighted by Gasteiger charge is 2.46. The normalized spacial score (nSPS) is 23.6. The minimum Gasteiger partial charge on any atom is -0.481 e. The van der Waals surface area contributed by atoms with Crippen LogP contribution in [0.15, 0.2) is 42.5 Å². The Labute approximate surface area is 204 Å². The molecule has 2 aliphatic rings. The Hall–Kier alpha value is -1.70. The highest BCUT2D eigenvalue weighted by Crippen LogP contribution is 2.55. The second kappa shape index (κ2) is 15.3. The number of allylic oxidation sites excluding steroid dienone is 2. The van der Waals surface area contributed by atoms with Crippen LogP contribution in [0.1, 0.15) is 76.2 Å². The molecule has 2 aliphatic heterocycles. The van der Waals surface area contributed by atoms with Crippen LogP contribution < -0.4 is 0 Å². The van der Waals surface area contributed by atoms with E-state index in [9.17, 15) is 4.79 Å². The Morgan fingerprint density at radius 1 is 1.00 bits per heavy atom. The van der Waals surface area contributed by atoms with Crippen LogP contribution in [-0.2, 0) is 16.0 Å². The van der Waals surface area contributed by atoms with Crippen LogP contribution in [0.4, 0.5) is 0 Å². The topological polar surface area (TPSA) is 46.5 Å². The first-order chi connectivity index (χ1) is 16.2. The Balaban J connectivity index is 1.21. The summed E-state index contributed by atoms with van der Waals surface area (Å²) in [7, 11) is 0. The summed E-state index contributed by atoms with van der Waals surface area (Å²) in [6.07, 6.45) is 16.9. The summed E-state index contributed by atoms with van der Waals surface area (Å²) in [5, 5.41) is 10.5. The van der Waals surface area contributed by atoms with Crippen molar-refractivity contribution in [1.29, 1.82) is 0 Å². The minimum absolute atomic E-state index is 0.278. The smallest absolute Gasteiger partial charge is 0.303 e. The quantitative estimate of drug-likeness (QED) is 0.173. The van der Waals surface area contributed by atoms with Crippen LogP contribution in [0.25, 0.3) is 0 Å². The number of unbranched alkanes of at least 4 members (excludes halogenated alkanes) is 2. The molecule has 0 radical (unpaired) electrons. The van der Waals surface area contributed by atoms with E-state index in [4.69, 9.17) is 9.84 Å². The van der Waals surface area contributed by atoms with Gasteiger partial charge >= 0.3 is 5.97 Å². The first kappa shape index (κ1) is 25.9. The van der Waals surface area contributed by atoms with E-state index < -0.39 is 5.97 Å². The Morgan fingerprint density at radius 2 is 1.79 bits per heavy atom. The predicted molar refractivity (Wildman–Crippen MR) is 138 cm³/mol. The molecule has 0 unspecified atom stereocenters. The number of hydrogen-bond donors (Lipinski definition) is 1. The third kappa shape index (κ3) is 9.59. The summed E-state index contributed by atoms with van der Waals surface area (Å²) >= 11 is 2.24. The first-order valence-corrected chi connectivity index (χ1v) is 13.8. The average Bonchev–Trinajstić information content (AvgIpc) is 3.42.